The average Bonchev–Trinajstić information content (AvgIpc) is 3.44. The third-order valence-corrected chi connectivity index (χ3v) is 16.4. The van der Waals surface area contributed by atoms with Crippen molar-refractivity contribution in [3.05, 3.63) is 0 Å². The highest BCUT2D eigenvalue weighted by Gasteiger charge is 2.30. The third kappa shape index (κ3) is 57.2. The van der Waals surface area contributed by atoms with Crippen LogP contribution in [0.4, 0.5) is 0 Å². The van der Waals surface area contributed by atoms with E-state index >= 15 is 0 Å². The van der Waals surface area contributed by atoms with E-state index in [1.165, 1.54) is 109 Å². The van der Waals surface area contributed by atoms with Crippen molar-refractivity contribution >= 4 is 39.5 Å². The summed E-state index contributed by atoms with van der Waals surface area (Å²) in [6.07, 6.45) is 38.0. The van der Waals surface area contributed by atoms with Crippen molar-refractivity contribution in [2.24, 2.45) is 11.8 Å². The molecule has 0 saturated heterocycles. The van der Waals surface area contributed by atoms with Gasteiger partial charge in [-0.25, -0.2) is 9.13 Å². The average molecular weight is 1210 g/mol. The molecule has 0 radical (unpaired) electrons. The predicted octanol–water partition coefficient (Wildman–Crippen LogP) is 17.3. The van der Waals surface area contributed by atoms with Gasteiger partial charge in [0.1, 0.15) is 19.3 Å². The minimum atomic E-state index is -4.94. The first kappa shape index (κ1) is 80.1. The van der Waals surface area contributed by atoms with Crippen LogP contribution in [0.5, 0.6) is 0 Å². The van der Waals surface area contributed by atoms with Gasteiger partial charge in [-0.1, -0.05) is 260 Å². The van der Waals surface area contributed by atoms with Gasteiger partial charge in [0.15, 0.2) is 12.2 Å². The van der Waals surface area contributed by atoms with Crippen molar-refractivity contribution < 1.29 is 80.2 Å². The monoisotopic (exact) mass is 1210 g/mol. The zero-order chi connectivity index (χ0) is 60.8. The number of hydrogen-bond donors (Lipinski definition) is 3. The lowest BCUT2D eigenvalue weighted by molar-refractivity contribution is -0.161. The number of unbranched alkanes of at least 4 members (excludes halogenated alkanes) is 32. The van der Waals surface area contributed by atoms with Crippen molar-refractivity contribution in [3.8, 4) is 0 Å². The molecule has 3 N–H and O–H groups in total. The van der Waals surface area contributed by atoms with Crippen molar-refractivity contribution in [1.29, 1.82) is 0 Å². The molecule has 0 bridgehead atoms. The maximum atomic E-state index is 13.0. The molecule has 0 aromatic heterocycles. The van der Waals surface area contributed by atoms with Crippen LogP contribution in [-0.4, -0.2) is 96.7 Å². The quantitative estimate of drug-likeness (QED) is 0.0222. The van der Waals surface area contributed by atoms with E-state index in [1.54, 1.807) is 0 Å². The molecule has 19 heteroatoms. The van der Waals surface area contributed by atoms with Gasteiger partial charge in [0.05, 0.1) is 26.4 Å². The Morgan fingerprint density at radius 3 is 0.829 bits per heavy atom. The van der Waals surface area contributed by atoms with Gasteiger partial charge in [-0.05, 0) is 37.5 Å². The zero-order valence-corrected chi connectivity index (χ0v) is 54.6. The van der Waals surface area contributed by atoms with Crippen LogP contribution in [0.2, 0.25) is 0 Å². The van der Waals surface area contributed by atoms with Crippen LogP contribution in [0.3, 0.4) is 0 Å². The topological polar surface area (TPSA) is 237 Å². The maximum Gasteiger partial charge on any atom is 0.472 e. The summed E-state index contributed by atoms with van der Waals surface area (Å²) in [5.41, 5.74) is 0. The van der Waals surface area contributed by atoms with E-state index in [0.29, 0.717) is 37.5 Å². The van der Waals surface area contributed by atoms with Crippen LogP contribution < -0.4 is 0 Å². The summed E-state index contributed by atoms with van der Waals surface area (Å²) in [4.78, 5) is 72.0. The van der Waals surface area contributed by atoms with Gasteiger partial charge in [0.25, 0.3) is 0 Å². The molecule has 0 aromatic carbocycles. The van der Waals surface area contributed by atoms with Gasteiger partial charge in [-0.15, -0.1) is 0 Å². The highest BCUT2D eigenvalue weighted by molar-refractivity contribution is 7.47. The number of carbonyl (C=O) groups excluding carboxylic acids is 4. The summed E-state index contributed by atoms with van der Waals surface area (Å²) >= 11 is 0. The third-order valence-electron chi connectivity index (χ3n) is 14.5. The minimum absolute atomic E-state index is 0.102. The summed E-state index contributed by atoms with van der Waals surface area (Å²) in [6, 6.07) is 0. The number of rotatable bonds is 62. The number of phosphoric acid groups is 2. The molecule has 5 atom stereocenters. The fourth-order valence-electron chi connectivity index (χ4n) is 9.35. The molecule has 0 saturated carbocycles. The van der Waals surface area contributed by atoms with Crippen LogP contribution in [0, 0.1) is 11.8 Å². The van der Waals surface area contributed by atoms with Crippen molar-refractivity contribution in [3.63, 3.8) is 0 Å². The molecule has 0 rings (SSSR count). The summed E-state index contributed by atoms with van der Waals surface area (Å²) < 4.78 is 67.8. The van der Waals surface area contributed by atoms with E-state index in [0.717, 1.165) is 109 Å². The lowest BCUT2D eigenvalue weighted by atomic mass is 10.0. The molecule has 0 fully saturated rings. The van der Waals surface area contributed by atoms with Gasteiger partial charge < -0.3 is 33.8 Å². The Morgan fingerprint density at radius 1 is 0.329 bits per heavy atom. The molecule has 0 heterocycles. The van der Waals surface area contributed by atoms with Crippen molar-refractivity contribution in [1.82, 2.24) is 0 Å². The molecule has 0 aliphatic rings. The van der Waals surface area contributed by atoms with Crippen LogP contribution in [0.25, 0.3) is 0 Å². The molecular formula is C63H122O17P2. The zero-order valence-electron chi connectivity index (χ0n) is 52.8. The lowest BCUT2D eigenvalue weighted by Crippen LogP contribution is -2.30. The van der Waals surface area contributed by atoms with Gasteiger partial charge in [0.2, 0.25) is 0 Å². The van der Waals surface area contributed by atoms with E-state index in [1.807, 2.05) is 0 Å². The fourth-order valence-corrected chi connectivity index (χ4v) is 10.9. The Labute approximate surface area is 498 Å². The van der Waals surface area contributed by atoms with Gasteiger partial charge >= 0.3 is 39.5 Å². The number of ether oxygens (including phenoxy) is 4. The number of carbonyl (C=O) groups is 4. The Bertz CT molecular complexity index is 1620. The second kappa shape index (κ2) is 55.6. The molecule has 0 amide bonds. The SMILES string of the molecule is CCCCCCCCCCCCCCCCCCC(=O)O[C@H](COC(=O)CCCCCCCCCC(C)C)COP(=O)(O)OC[C@@H](O)COP(=O)(O)OC[C@@H](COC(=O)CCCCCCCCC)OC(=O)CCCCCCCCC(C)C. The van der Waals surface area contributed by atoms with E-state index in [4.69, 9.17) is 37.0 Å². The summed E-state index contributed by atoms with van der Waals surface area (Å²) in [5.74, 6) is -0.769. The molecule has 486 valence electrons. The van der Waals surface area contributed by atoms with Crippen molar-refractivity contribution in [2.75, 3.05) is 39.6 Å². The Kier molecular flexibility index (Phi) is 54.3. The predicted molar refractivity (Wildman–Crippen MR) is 326 cm³/mol. The number of hydrogen-bond acceptors (Lipinski definition) is 15. The molecule has 0 aliphatic heterocycles. The standard InChI is InChI=1S/C63H122O17P2/c1-7-9-11-13-15-16-17-18-19-20-21-22-23-27-35-41-47-62(67)79-58(52-74-61(66)46-40-34-28-24-26-31-37-43-55(3)4)53-77-81(69,70)75-49-57(64)50-76-82(71,72)78-54-59(51-73-60(65)45-39-33-25-14-12-10-8-2)80-63(68)48-42-36-30-29-32-38-44-56(5)6/h55-59,64H,7-54H2,1-6H3,(H,69,70)(H,71,72)/t57-,58-,59-/m1/s1. The molecule has 0 spiro atoms. The van der Waals surface area contributed by atoms with Crippen molar-refractivity contribution in [2.45, 2.75) is 330 Å². The van der Waals surface area contributed by atoms with E-state index in [9.17, 15) is 43.2 Å². The first-order valence-electron chi connectivity index (χ1n) is 33.0. The van der Waals surface area contributed by atoms with Gasteiger partial charge in [-0.3, -0.25) is 37.3 Å². The van der Waals surface area contributed by atoms with Gasteiger partial charge in [-0.2, -0.15) is 0 Å². The number of esters is 4. The van der Waals surface area contributed by atoms with E-state index < -0.39 is 97.5 Å². The number of phosphoric ester groups is 2. The van der Waals surface area contributed by atoms with E-state index in [2.05, 4.69) is 41.5 Å². The molecule has 82 heavy (non-hydrogen) atoms. The Morgan fingerprint density at radius 2 is 0.561 bits per heavy atom. The second-order valence-corrected chi connectivity index (χ2v) is 26.7. The lowest BCUT2D eigenvalue weighted by Gasteiger charge is -2.21. The summed E-state index contributed by atoms with van der Waals surface area (Å²) in [7, 11) is -9.88. The molecule has 0 aromatic rings. The maximum absolute atomic E-state index is 13.0. The van der Waals surface area contributed by atoms with Gasteiger partial charge in [0, 0.05) is 25.7 Å². The smallest absolute Gasteiger partial charge is 0.462 e. The van der Waals surface area contributed by atoms with Crippen LogP contribution in [0.15, 0.2) is 0 Å². The first-order chi connectivity index (χ1) is 39.4. The normalized spacial score (nSPS) is 14.3. The largest absolute Gasteiger partial charge is 0.472 e. The summed E-state index contributed by atoms with van der Waals surface area (Å²) in [5, 5.41) is 10.5. The molecule has 2 unspecified atom stereocenters. The van der Waals surface area contributed by atoms with Crippen LogP contribution >= 0.6 is 15.6 Å². The minimum Gasteiger partial charge on any atom is -0.462 e. The number of aliphatic hydroxyl groups is 1. The Hall–Kier alpha value is -1.94. The molecule has 0 aliphatic carbocycles. The molecular weight excluding hydrogens is 1090 g/mol. The Balaban J connectivity index is 5.19. The fraction of sp³-hybridized carbons (Fsp3) is 0.937. The molecule has 17 nitrogen and oxygen atoms in total. The highest BCUT2D eigenvalue weighted by Crippen LogP contribution is 2.45. The summed E-state index contributed by atoms with van der Waals surface area (Å²) in [6.45, 7) is 9.30. The second-order valence-electron chi connectivity index (χ2n) is 23.7. The first-order valence-corrected chi connectivity index (χ1v) is 36.0. The van der Waals surface area contributed by atoms with Crippen LogP contribution in [-0.2, 0) is 65.4 Å². The number of aliphatic hydroxyl groups excluding tert-OH is 1. The van der Waals surface area contributed by atoms with Crippen LogP contribution in [0.1, 0.15) is 311 Å². The highest BCUT2D eigenvalue weighted by atomic mass is 31.2. The van der Waals surface area contributed by atoms with E-state index in [-0.39, 0.29) is 25.7 Å².